The highest BCUT2D eigenvalue weighted by Gasteiger charge is 2.06. The minimum atomic E-state index is 0.471. The molecule has 0 fully saturated rings. The van der Waals surface area contributed by atoms with Crippen molar-refractivity contribution in [1.29, 1.82) is 0 Å². The molecule has 1 nitrogen and oxygen atoms in total. The van der Waals surface area contributed by atoms with Crippen molar-refractivity contribution in [3.63, 3.8) is 0 Å². The molecule has 18 heavy (non-hydrogen) atoms. The molecule has 0 spiro atoms. The van der Waals surface area contributed by atoms with E-state index in [0.29, 0.717) is 10.9 Å². The highest BCUT2D eigenvalue weighted by atomic mass is 79.9. The zero-order valence-corrected chi connectivity index (χ0v) is 12.8. The summed E-state index contributed by atoms with van der Waals surface area (Å²) in [5, 5.41) is 0.667. The number of halogens is 3. The van der Waals surface area contributed by atoms with E-state index in [2.05, 4.69) is 15.9 Å². The van der Waals surface area contributed by atoms with Crippen molar-refractivity contribution in [2.45, 2.75) is 12.8 Å². The fraction of sp³-hybridized carbons (Fsp3) is 0.143. The molecule has 4 heteroatoms. The van der Waals surface area contributed by atoms with Crippen LogP contribution in [0.2, 0.25) is 5.02 Å². The van der Waals surface area contributed by atoms with E-state index in [4.69, 9.17) is 27.9 Å². The highest BCUT2D eigenvalue weighted by Crippen LogP contribution is 2.33. The van der Waals surface area contributed by atoms with Gasteiger partial charge >= 0.3 is 0 Å². The van der Waals surface area contributed by atoms with Gasteiger partial charge in [-0.3, -0.25) is 0 Å². The molecule has 0 unspecified atom stereocenters. The van der Waals surface area contributed by atoms with Crippen LogP contribution in [-0.4, -0.2) is 0 Å². The zero-order valence-electron chi connectivity index (χ0n) is 9.71. The summed E-state index contributed by atoms with van der Waals surface area (Å²) in [5.74, 6) is 2.00. The summed E-state index contributed by atoms with van der Waals surface area (Å²) in [4.78, 5) is 0. The number of hydrogen-bond acceptors (Lipinski definition) is 1. The van der Waals surface area contributed by atoms with Crippen LogP contribution in [-0.2, 0) is 5.88 Å². The van der Waals surface area contributed by atoms with E-state index in [0.717, 1.165) is 27.1 Å². The molecule has 0 saturated carbocycles. The average Bonchev–Trinajstić information content (AvgIpc) is 2.35. The van der Waals surface area contributed by atoms with Crippen molar-refractivity contribution >= 4 is 39.1 Å². The molecule has 0 heterocycles. The predicted molar refractivity (Wildman–Crippen MR) is 80.0 cm³/mol. The van der Waals surface area contributed by atoms with Crippen LogP contribution in [0.3, 0.4) is 0 Å². The van der Waals surface area contributed by atoms with Crippen molar-refractivity contribution in [3.8, 4) is 11.5 Å². The SMILES string of the molecule is Cc1ccc(CCl)cc1Oc1ccc(Cl)cc1Br. The molecule has 2 aromatic rings. The Bertz CT molecular complexity index is 570. The maximum Gasteiger partial charge on any atom is 0.141 e. The van der Waals surface area contributed by atoms with E-state index in [-0.39, 0.29) is 0 Å². The maximum absolute atomic E-state index is 5.90. The lowest BCUT2D eigenvalue weighted by Gasteiger charge is -2.11. The second-order valence-corrected chi connectivity index (χ2v) is 5.47. The average molecular weight is 346 g/mol. The van der Waals surface area contributed by atoms with Gasteiger partial charge in [-0.05, 0) is 58.2 Å². The van der Waals surface area contributed by atoms with Gasteiger partial charge in [-0.25, -0.2) is 0 Å². The summed E-state index contributed by atoms with van der Waals surface area (Å²) in [6, 6.07) is 11.4. The molecule has 0 atom stereocenters. The van der Waals surface area contributed by atoms with Crippen LogP contribution >= 0.6 is 39.1 Å². The Morgan fingerprint density at radius 3 is 2.56 bits per heavy atom. The Balaban J connectivity index is 2.33. The van der Waals surface area contributed by atoms with Crippen molar-refractivity contribution in [3.05, 3.63) is 57.0 Å². The highest BCUT2D eigenvalue weighted by molar-refractivity contribution is 9.10. The van der Waals surface area contributed by atoms with E-state index in [1.807, 2.05) is 31.2 Å². The smallest absolute Gasteiger partial charge is 0.141 e. The van der Waals surface area contributed by atoms with Gasteiger partial charge in [0.05, 0.1) is 4.47 Å². The Morgan fingerprint density at radius 2 is 1.89 bits per heavy atom. The molecule has 2 rings (SSSR count). The molecule has 0 aliphatic carbocycles. The van der Waals surface area contributed by atoms with Crippen molar-refractivity contribution in [2.75, 3.05) is 0 Å². The molecule has 0 amide bonds. The molecule has 0 aromatic heterocycles. The van der Waals surface area contributed by atoms with E-state index in [1.165, 1.54) is 0 Å². The third-order valence-electron chi connectivity index (χ3n) is 2.52. The minimum absolute atomic E-state index is 0.471. The Morgan fingerprint density at radius 1 is 1.11 bits per heavy atom. The van der Waals surface area contributed by atoms with Crippen LogP contribution in [0.4, 0.5) is 0 Å². The molecular formula is C14H11BrCl2O. The number of hydrogen-bond donors (Lipinski definition) is 0. The van der Waals surface area contributed by atoms with Crippen molar-refractivity contribution in [1.82, 2.24) is 0 Å². The molecule has 2 aromatic carbocycles. The van der Waals surface area contributed by atoms with E-state index in [9.17, 15) is 0 Å². The fourth-order valence-electron chi connectivity index (χ4n) is 1.51. The van der Waals surface area contributed by atoms with Gasteiger partial charge in [0.2, 0.25) is 0 Å². The van der Waals surface area contributed by atoms with Gasteiger partial charge in [0.25, 0.3) is 0 Å². The molecule has 0 saturated heterocycles. The fourth-order valence-corrected chi connectivity index (χ4v) is 2.44. The van der Waals surface area contributed by atoms with Crippen molar-refractivity contribution < 1.29 is 4.74 Å². The first-order chi connectivity index (χ1) is 8.60. The van der Waals surface area contributed by atoms with Gasteiger partial charge in [0, 0.05) is 10.9 Å². The monoisotopic (exact) mass is 344 g/mol. The lowest BCUT2D eigenvalue weighted by molar-refractivity contribution is 0.475. The van der Waals surface area contributed by atoms with Gasteiger partial charge in [-0.2, -0.15) is 0 Å². The normalized spacial score (nSPS) is 10.4. The lowest BCUT2D eigenvalue weighted by Crippen LogP contribution is -1.90. The number of rotatable bonds is 3. The van der Waals surface area contributed by atoms with Crippen LogP contribution in [0.1, 0.15) is 11.1 Å². The summed E-state index contributed by atoms with van der Waals surface area (Å²) in [7, 11) is 0. The van der Waals surface area contributed by atoms with Gasteiger partial charge in [-0.1, -0.05) is 23.7 Å². The number of benzene rings is 2. The van der Waals surface area contributed by atoms with Crippen LogP contribution < -0.4 is 4.74 Å². The summed E-state index contributed by atoms with van der Waals surface area (Å²) in [6.07, 6.45) is 0. The van der Waals surface area contributed by atoms with E-state index in [1.54, 1.807) is 12.1 Å². The predicted octanol–water partition coefficient (Wildman–Crippen LogP) is 5.94. The van der Waals surface area contributed by atoms with Gasteiger partial charge in [0.1, 0.15) is 11.5 Å². The Labute approximate surface area is 125 Å². The van der Waals surface area contributed by atoms with E-state index >= 15 is 0 Å². The third kappa shape index (κ3) is 3.19. The van der Waals surface area contributed by atoms with Crippen LogP contribution in [0.5, 0.6) is 11.5 Å². The van der Waals surface area contributed by atoms with Crippen LogP contribution in [0, 0.1) is 6.92 Å². The summed E-state index contributed by atoms with van der Waals surface area (Å²) >= 11 is 15.1. The number of ether oxygens (including phenoxy) is 1. The summed E-state index contributed by atoms with van der Waals surface area (Å²) < 4.78 is 6.70. The first-order valence-electron chi connectivity index (χ1n) is 5.38. The topological polar surface area (TPSA) is 9.23 Å². The molecule has 0 radical (unpaired) electrons. The molecule has 0 aliphatic rings. The summed E-state index contributed by atoms with van der Waals surface area (Å²) in [6.45, 7) is 2.00. The zero-order chi connectivity index (χ0) is 13.1. The standard InChI is InChI=1S/C14H11BrCl2O/c1-9-2-3-10(8-16)6-14(9)18-13-5-4-11(17)7-12(13)15/h2-7H,8H2,1H3. The van der Waals surface area contributed by atoms with Gasteiger partial charge in [-0.15, -0.1) is 11.6 Å². The Hall–Kier alpha value is -0.700. The molecule has 0 N–H and O–H groups in total. The first-order valence-corrected chi connectivity index (χ1v) is 7.09. The second-order valence-electron chi connectivity index (χ2n) is 3.91. The van der Waals surface area contributed by atoms with Crippen LogP contribution in [0.25, 0.3) is 0 Å². The molecule has 0 bridgehead atoms. The minimum Gasteiger partial charge on any atom is -0.456 e. The van der Waals surface area contributed by atoms with E-state index < -0.39 is 0 Å². The van der Waals surface area contributed by atoms with Gasteiger partial charge in [0.15, 0.2) is 0 Å². The second kappa shape index (κ2) is 5.96. The third-order valence-corrected chi connectivity index (χ3v) is 3.68. The van der Waals surface area contributed by atoms with Gasteiger partial charge < -0.3 is 4.74 Å². The summed E-state index contributed by atoms with van der Waals surface area (Å²) in [5.41, 5.74) is 2.09. The molecular weight excluding hydrogens is 335 g/mol. The van der Waals surface area contributed by atoms with Crippen LogP contribution in [0.15, 0.2) is 40.9 Å². The first kappa shape index (κ1) is 13.7. The molecule has 0 aliphatic heterocycles. The number of alkyl halides is 1. The maximum atomic E-state index is 5.90. The number of aryl methyl sites for hydroxylation is 1. The largest absolute Gasteiger partial charge is 0.456 e. The quantitative estimate of drug-likeness (QED) is 0.625. The molecule has 94 valence electrons. The van der Waals surface area contributed by atoms with Crippen molar-refractivity contribution in [2.24, 2.45) is 0 Å². The lowest BCUT2D eigenvalue weighted by atomic mass is 10.1. The Kier molecular flexibility index (Phi) is 4.55.